The summed E-state index contributed by atoms with van der Waals surface area (Å²) in [7, 11) is 1.75. The predicted octanol–water partition coefficient (Wildman–Crippen LogP) is -0.900. The number of thioether (sulfide) groups is 1. The minimum atomic E-state index is -0.0224. The molecule has 0 saturated carbocycles. The zero-order valence-electron chi connectivity index (χ0n) is 7.12. The summed E-state index contributed by atoms with van der Waals surface area (Å²) < 4.78 is 0. The van der Waals surface area contributed by atoms with E-state index in [1.54, 1.807) is 23.7 Å². The first-order valence-corrected chi connectivity index (χ1v) is 5.01. The first kappa shape index (κ1) is 9.83. The number of aliphatic hydroxyl groups excluding tert-OH is 1. The summed E-state index contributed by atoms with van der Waals surface area (Å²) in [6.07, 6.45) is 0. The summed E-state index contributed by atoms with van der Waals surface area (Å²) in [5, 5.41) is 11.7. The van der Waals surface area contributed by atoms with Gasteiger partial charge < -0.3 is 15.3 Å². The first-order chi connectivity index (χ1) is 5.79. The Kier molecular flexibility index (Phi) is 3.84. The number of carbonyl (C=O) groups excluding carboxylic acids is 1. The lowest BCUT2D eigenvalue weighted by Gasteiger charge is -2.21. The van der Waals surface area contributed by atoms with Gasteiger partial charge in [0.2, 0.25) is 5.91 Å². The molecular weight excluding hydrogens is 176 g/mol. The van der Waals surface area contributed by atoms with Crippen LogP contribution in [-0.4, -0.2) is 53.8 Å². The van der Waals surface area contributed by atoms with Crippen LogP contribution in [-0.2, 0) is 4.79 Å². The molecule has 0 bridgehead atoms. The van der Waals surface area contributed by atoms with Gasteiger partial charge >= 0.3 is 0 Å². The summed E-state index contributed by atoms with van der Waals surface area (Å²) in [6.45, 7) is 1.17. The topological polar surface area (TPSA) is 52.6 Å². The number of amides is 1. The van der Waals surface area contributed by atoms with Crippen LogP contribution >= 0.6 is 11.8 Å². The van der Waals surface area contributed by atoms with Crippen LogP contribution in [0.2, 0.25) is 0 Å². The summed E-state index contributed by atoms with van der Waals surface area (Å²) in [5.41, 5.74) is 0. The van der Waals surface area contributed by atoms with E-state index < -0.39 is 0 Å². The van der Waals surface area contributed by atoms with E-state index in [0.717, 1.165) is 12.3 Å². The van der Waals surface area contributed by atoms with E-state index in [1.807, 2.05) is 0 Å². The molecule has 5 heteroatoms. The fourth-order valence-corrected chi connectivity index (χ4v) is 2.29. The average Bonchev–Trinajstić information content (AvgIpc) is 2.51. The number of carbonyl (C=O) groups is 1. The molecule has 1 heterocycles. The Morgan fingerprint density at radius 1 is 1.83 bits per heavy atom. The van der Waals surface area contributed by atoms with Crippen molar-refractivity contribution in [3.05, 3.63) is 0 Å². The molecule has 1 atom stereocenters. The quantitative estimate of drug-likeness (QED) is 0.605. The van der Waals surface area contributed by atoms with Gasteiger partial charge in [0.15, 0.2) is 0 Å². The maximum Gasteiger partial charge on any atom is 0.237 e. The van der Waals surface area contributed by atoms with Crippen molar-refractivity contribution in [1.29, 1.82) is 0 Å². The standard InChI is InChI=1S/C7H14N2O2S/c1-8-4-6(11)9-2-3-12-7(9)5-10/h7-8,10H,2-5H2,1H3. The highest BCUT2D eigenvalue weighted by Gasteiger charge is 2.27. The second kappa shape index (κ2) is 4.69. The van der Waals surface area contributed by atoms with E-state index in [4.69, 9.17) is 5.11 Å². The molecule has 0 spiro atoms. The lowest BCUT2D eigenvalue weighted by atomic mass is 10.4. The highest BCUT2D eigenvalue weighted by Crippen LogP contribution is 2.22. The molecule has 1 aliphatic rings. The van der Waals surface area contributed by atoms with Gasteiger partial charge in [-0.2, -0.15) is 0 Å². The van der Waals surface area contributed by atoms with Gasteiger partial charge in [0.1, 0.15) is 5.37 Å². The van der Waals surface area contributed by atoms with Crippen LogP contribution in [0.25, 0.3) is 0 Å². The van der Waals surface area contributed by atoms with Gasteiger partial charge in [0.05, 0.1) is 13.2 Å². The number of nitrogens with zero attached hydrogens (tertiary/aromatic N) is 1. The third kappa shape index (κ3) is 2.12. The third-order valence-corrected chi connectivity index (χ3v) is 3.00. The fourth-order valence-electron chi connectivity index (χ4n) is 1.21. The van der Waals surface area contributed by atoms with Crippen molar-refractivity contribution in [2.45, 2.75) is 5.37 Å². The van der Waals surface area contributed by atoms with Crippen molar-refractivity contribution in [2.24, 2.45) is 0 Å². The second-order valence-corrected chi connectivity index (χ2v) is 3.91. The number of nitrogens with one attached hydrogen (secondary N) is 1. The lowest BCUT2D eigenvalue weighted by Crippen LogP contribution is -2.41. The molecular formula is C7H14N2O2S. The van der Waals surface area contributed by atoms with Gasteiger partial charge in [0, 0.05) is 12.3 Å². The molecule has 0 aromatic carbocycles. The molecule has 2 N–H and O–H groups in total. The van der Waals surface area contributed by atoms with E-state index in [2.05, 4.69) is 5.32 Å². The van der Waals surface area contributed by atoms with Crippen molar-refractivity contribution < 1.29 is 9.90 Å². The van der Waals surface area contributed by atoms with E-state index in [-0.39, 0.29) is 17.9 Å². The Morgan fingerprint density at radius 3 is 3.17 bits per heavy atom. The predicted molar refractivity (Wildman–Crippen MR) is 49.0 cm³/mol. The van der Waals surface area contributed by atoms with Crippen LogP contribution in [0.5, 0.6) is 0 Å². The van der Waals surface area contributed by atoms with Crippen LogP contribution in [0.15, 0.2) is 0 Å². The Hall–Kier alpha value is -0.260. The maximum atomic E-state index is 11.4. The molecule has 1 fully saturated rings. The summed E-state index contributed by atoms with van der Waals surface area (Å²) in [6, 6.07) is 0. The Bertz CT molecular complexity index is 165. The molecule has 0 aromatic heterocycles. The van der Waals surface area contributed by atoms with E-state index >= 15 is 0 Å². The van der Waals surface area contributed by atoms with Gasteiger partial charge in [-0.15, -0.1) is 11.8 Å². The van der Waals surface area contributed by atoms with Crippen molar-refractivity contribution in [3.8, 4) is 0 Å². The summed E-state index contributed by atoms with van der Waals surface area (Å²) >= 11 is 1.63. The van der Waals surface area contributed by atoms with Crippen molar-refractivity contribution in [2.75, 3.05) is 32.5 Å². The summed E-state index contributed by atoms with van der Waals surface area (Å²) in [4.78, 5) is 13.1. The molecule has 1 aliphatic heterocycles. The third-order valence-electron chi connectivity index (χ3n) is 1.79. The average molecular weight is 190 g/mol. The minimum absolute atomic E-state index is 0.0224. The monoisotopic (exact) mass is 190 g/mol. The number of likely N-dealkylation sites (N-methyl/N-ethyl adjacent to an activating group) is 1. The molecule has 4 nitrogen and oxygen atoms in total. The van der Waals surface area contributed by atoms with Gasteiger partial charge in [0.25, 0.3) is 0 Å². The maximum absolute atomic E-state index is 11.4. The van der Waals surface area contributed by atoms with E-state index in [0.29, 0.717) is 6.54 Å². The second-order valence-electron chi connectivity index (χ2n) is 2.63. The van der Waals surface area contributed by atoms with Crippen molar-refractivity contribution in [1.82, 2.24) is 10.2 Å². The van der Waals surface area contributed by atoms with E-state index in [1.165, 1.54) is 0 Å². The molecule has 1 amide bonds. The fraction of sp³-hybridized carbons (Fsp3) is 0.857. The lowest BCUT2D eigenvalue weighted by molar-refractivity contribution is -0.130. The highest BCUT2D eigenvalue weighted by molar-refractivity contribution is 8.00. The molecule has 12 heavy (non-hydrogen) atoms. The van der Waals surface area contributed by atoms with Crippen molar-refractivity contribution in [3.63, 3.8) is 0 Å². The largest absolute Gasteiger partial charge is 0.393 e. The number of hydrogen-bond donors (Lipinski definition) is 2. The molecule has 0 aliphatic carbocycles. The normalized spacial score (nSPS) is 23.2. The van der Waals surface area contributed by atoms with Gasteiger partial charge in [-0.1, -0.05) is 0 Å². The Labute approximate surface area is 76.3 Å². The van der Waals surface area contributed by atoms with Crippen molar-refractivity contribution >= 4 is 17.7 Å². The minimum Gasteiger partial charge on any atom is -0.393 e. The summed E-state index contributed by atoms with van der Waals surface area (Å²) in [5.74, 6) is 1.00. The van der Waals surface area contributed by atoms with Crippen LogP contribution in [0.4, 0.5) is 0 Å². The Balaban J connectivity index is 2.43. The Morgan fingerprint density at radius 2 is 2.58 bits per heavy atom. The zero-order chi connectivity index (χ0) is 8.97. The molecule has 1 rings (SSSR count). The molecule has 0 radical (unpaired) electrons. The van der Waals surface area contributed by atoms with Crippen LogP contribution in [0, 0.1) is 0 Å². The zero-order valence-corrected chi connectivity index (χ0v) is 7.93. The highest BCUT2D eigenvalue weighted by atomic mass is 32.2. The van der Waals surface area contributed by atoms with Gasteiger partial charge in [-0.25, -0.2) is 0 Å². The van der Waals surface area contributed by atoms with Gasteiger partial charge in [-0.05, 0) is 7.05 Å². The van der Waals surface area contributed by atoms with Crippen LogP contribution < -0.4 is 5.32 Å². The van der Waals surface area contributed by atoms with E-state index in [9.17, 15) is 4.79 Å². The first-order valence-electron chi connectivity index (χ1n) is 3.96. The van der Waals surface area contributed by atoms with Gasteiger partial charge in [-0.3, -0.25) is 4.79 Å². The van der Waals surface area contributed by atoms with Crippen LogP contribution in [0.1, 0.15) is 0 Å². The number of aliphatic hydroxyl groups is 1. The smallest absolute Gasteiger partial charge is 0.237 e. The number of hydrogen-bond acceptors (Lipinski definition) is 4. The molecule has 70 valence electrons. The SMILES string of the molecule is CNCC(=O)N1CCSC1CO. The molecule has 1 unspecified atom stereocenters. The van der Waals surface area contributed by atoms with Crippen LogP contribution in [0.3, 0.4) is 0 Å². The molecule has 1 saturated heterocycles. The number of rotatable bonds is 3. The molecule has 0 aromatic rings.